The van der Waals surface area contributed by atoms with E-state index in [1.165, 1.54) is 33.4 Å². The SMILES string of the molecule is CC(=O)C(C)Cc1ccc(OC/C=C(\C)c2ccc(-c3cc(C(C)(C)C)cc(C(C)(C)C)c3)cc2)cc1. The van der Waals surface area contributed by atoms with Gasteiger partial charge >= 0.3 is 0 Å². The van der Waals surface area contributed by atoms with E-state index in [0.717, 1.165) is 17.7 Å². The number of hydrogen-bond donors (Lipinski definition) is 0. The number of Topliss-reactive ketones (excluding diaryl/α,β-unsaturated/α-hetero) is 1. The number of hydrogen-bond acceptors (Lipinski definition) is 2. The molecule has 196 valence electrons. The second kappa shape index (κ2) is 11.5. The highest BCUT2D eigenvalue weighted by Crippen LogP contribution is 2.34. The van der Waals surface area contributed by atoms with Crippen LogP contribution in [0, 0.1) is 5.92 Å². The van der Waals surface area contributed by atoms with Gasteiger partial charge in [0.05, 0.1) is 0 Å². The van der Waals surface area contributed by atoms with Crippen LogP contribution < -0.4 is 4.74 Å². The van der Waals surface area contributed by atoms with E-state index in [4.69, 9.17) is 4.74 Å². The van der Waals surface area contributed by atoms with Crippen LogP contribution in [0.4, 0.5) is 0 Å². The van der Waals surface area contributed by atoms with Gasteiger partial charge in [0.2, 0.25) is 0 Å². The molecule has 0 spiro atoms. The Labute approximate surface area is 224 Å². The number of carbonyl (C=O) groups is 1. The predicted octanol–water partition coefficient (Wildman–Crippen LogP) is 9.20. The first-order chi connectivity index (χ1) is 17.2. The zero-order valence-corrected chi connectivity index (χ0v) is 24.2. The van der Waals surface area contributed by atoms with Gasteiger partial charge in [0.25, 0.3) is 0 Å². The van der Waals surface area contributed by atoms with Crippen LogP contribution in [0.5, 0.6) is 5.75 Å². The van der Waals surface area contributed by atoms with E-state index in [2.05, 4.69) is 97.0 Å². The summed E-state index contributed by atoms with van der Waals surface area (Å²) in [5.74, 6) is 1.11. The van der Waals surface area contributed by atoms with Crippen molar-refractivity contribution in [3.63, 3.8) is 0 Å². The van der Waals surface area contributed by atoms with Crippen molar-refractivity contribution in [2.24, 2.45) is 5.92 Å². The molecule has 37 heavy (non-hydrogen) atoms. The Kier molecular flexibility index (Phi) is 8.84. The van der Waals surface area contributed by atoms with Crippen LogP contribution >= 0.6 is 0 Å². The maximum absolute atomic E-state index is 11.5. The van der Waals surface area contributed by atoms with Crippen LogP contribution in [0.2, 0.25) is 0 Å². The van der Waals surface area contributed by atoms with Gasteiger partial charge in [-0.3, -0.25) is 4.79 Å². The molecular weight excluding hydrogens is 452 g/mol. The van der Waals surface area contributed by atoms with Gasteiger partial charge < -0.3 is 4.74 Å². The maximum Gasteiger partial charge on any atom is 0.132 e. The van der Waals surface area contributed by atoms with E-state index >= 15 is 0 Å². The van der Waals surface area contributed by atoms with E-state index in [0.29, 0.717) is 6.61 Å². The van der Waals surface area contributed by atoms with E-state index in [9.17, 15) is 4.79 Å². The minimum Gasteiger partial charge on any atom is -0.490 e. The monoisotopic (exact) mass is 496 g/mol. The number of benzene rings is 3. The van der Waals surface area contributed by atoms with Crippen LogP contribution in [0.15, 0.2) is 72.8 Å². The van der Waals surface area contributed by atoms with E-state index < -0.39 is 0 Å². The largest absolute Gasteiger partial charge is 0.490 e. The van der Waals surface area contributed by atoms with Gasteiger partial charge in [0.15, 0.2) is 0 Å². The number of ether oxygens (including phenoxy) is 1. The summed E-state index contributed by atoms with van der Waals surface area (Å²) in [5, 5.41) is 0. The summed E-state index contributed by atoms with van der Waals surface area (Å²) < 4.78 is 5.95. The smallest absolute Gasteiger partial charge is 0.132 e. The fraction of sp³-hybridized carbons (Fsp3) is 0.400. The molecule has 0 amide bonds. The molecule has 0 radical (unpaired) electrons. The average molecular weight is 497 g/mol. The Bertz CT molecular complexity index is 1200. The zero-order valence-electron chi connectivity index (χ0n) is 24.2. The fourth-order valence-corrected chi connectivity index (χ4v) is 4.19. The van der Waals surface area contributed by atoms with Crippen LogP contribution in [-0.2, 0) is 22.0 Å². The Morgan fingerprint density at radius 1 is 0.784 bits per heavy atom. The molecule has 0 saturated carbocycles. The van der Waals surface area contributed by atoms with E-state index in [1.807, 2.05) is 31.2 Å². The predicted molar refractivity (Wildman–Crippen MR) is 158 cm³/mol. The first kappa shape index (κ1) is 28.4. The van der Waals surface area contributed by atoms with Gasteiger partial charge in [-0.05, 0) is 88.3 Å². The number of allylic oxidation sites excluding steroid dienone is 1. The molecule has 0 aliphatic rings. The van der Waals surface area contributed by atoms with Crippen molar-refractivity contribution in [2.75, 3.05) is 6.61 Å². The van der Waals surface area contributed by atoms with Gasteiger partial charge in [-0.2, -0.15) is 0 Å². The molecule has 3 aromatic carbocycles. The average Bonchev–Trinajstić information content (AvgIpc) is 2.83. The van der Waals surface area contributed by atoms with Gasteiger partial charge in [0, 0.05) is 5.92 Å². The van der Waals surface area contributed by atoms with Gasteiger partial charge in [-0.15, -0.1) is 0 Å². The molecule has 0 aromatic heterocycles. The summed E-state index contributed by atoms with van der Waals surface area (Å²) in [7, 11) is 0. The second-order valence-corrected chi connectivity index (χ2v) is 12.4. The Hall–Kier alpha value is -3.13. The quantitative estimate of drug-likeness (QED) is 0.311. The molecule has 0 fully saturated rings. The Balaban J connectivity index is 1.70. The van der Waals surface area contributed by atoms with Crippen LogP contribution in [0.1, 0.15) is 84.6 Å². The molecule has 3 rings (SSSR count). The molecule has 3 aromatic rings. The van der Waals surface area contributed by atoms with Crippen molar-refractivity contribution in [1.29, 1.82) is 0 Å². The first-order valence-electron chi connectivity index (χ1n) is 13.4. The molecule has 0 aliphatic heterocycles. The minimum atomic E-state index is 0.0479. The lowest BCUT2D eigenvalue weighted by Gasteiger charge is -2.26. The molecule has 0 aliphatic carbocycles. The van der Waals surface area contributed by atoms with Crippen LogP contribution in [0.3, 0.4) is 0 Å². The second-order valence-electron chi connectivity index (χ2n) is 12.4. The van der Waals surface area contributed by atoms with Gasteiger partial charge in [0.1, 0.15) is 18.1 Å². The fourth-order valence-electron chi connectivity index (χ4n) is 4.19. The standard InChI is InChI=1S/C35H44O2/c1-24(18-19-37-33-16-10-27(11-17-33)20-25(2)26(3)36)28-12-14-29(15-13-28)30-21-31(34(4,5)6)23-32(22-30)35(7,8)9/h10-18,21-23,25H,19-20H2,1-9H3/b24-18+. The topological polar surface area (TPSA) is 26.3 Å². The highest BCUT2D eigenvalue weighted by molar-refractivity contribution is 5.78. The molecular formula is C35H44O2. The summed E-state index contributed by atoms with van der Waals surface area (Å²) >= 11 is 0. The van der Waals surface area contributed by atoms with Gasteiger partial charge in [-0.25, -0.2) is 0 Å². The molecule has 2 nitrogen and oxygen atoms in total. The Morgan fingerprint density at radius 3 is 1.81 bits per heavy atom. The third-order valence-corrected chi connectivity index (χ3v) is 7.14. The first-order valence-corrected chi connectivity index (χ1v) is 13.4. The number of rotatable bonds is 8. The summed E-state index contributed by atoms with van der Waals surface area (Å²) in [6.07, 6.45) is 2.89. The van der Waals surface area contributed by atoms with Crippen molar-refractivity contribution >= 4 is 11.4 Å². The van der Waals surface area contributed by atoms with E-state index in [1.54, 1.807) is 6.92 Å². The van der Waals surface area contributed by atoms with Crippen LogP contribution in [-0.4, -0.2) is 12.4 Å². The van der Waals surface area contributed by atoms with E-state index in [-0.39, 0.29) is 22.5 Å². The summed E-state index contributed by atoms with van der Waals surface area (Å²) in [5.41, 5.74) is 9.00. The minimum absolute atomic E-state index is 0.0479. The molecule has 2 heteroatoms. The zero-order chi connectivity index (χ0) is 27.4. The summed E-state index contributed by atoms with van der Waals surface area (Å²) in [4.78, 5) is 11.5. The maximum atomic E-state index is 11.5. The summed E-state index contributed by atoms with van der Waals surface area (Å²) in [6, 6.07) is 24.0. The Morgan fingerprint density at radius 2 is 1.32 bits per heavy atom. The lowest BCUT2D eigenvalue weighted by atomic mass is 9.79. The molecule has 0 bridgehead atoms. The normalized spacial score (nSPS) is 13.4. The molecule has 1 unspecified atom stereocenters. The van der Waals surface area contributed by atoms with Crippen molar-refractivity contribution in [3.05, 3.63) is 95.1 Å². The highest BCUT2D eigenvalue weighted by atomic mass is 16.5. The number of ketones is 1. The van der Waals surface area contributed by atoms with Crippen molar-refractivity contribution in [1.82, 2.24) is 0 Å². The molecule has 0 N–H and O–H groups in total. The lowest BCUT2D eigenvalue weighted by molar-refractivity contribution is -0.120. The van der Waals surface area contributed by atoms with Crippen molar-refractivity contribution in [2.45, 2.75) is 79.6 Å². The summed E-state index contributed by atoms with van der Waals surface area (Å²) in [6.45, 7) is 19.9. The third-order valence-electron chi connectivity index (χ3n) is 7.14. The van der Waals surface area contributed by atoms with Crippen molar-refractivity contribution < 1.29 is 9.53 Å². The lowest BCUT2D eigenvalue weighted by Crippen LogP contribution is -2.16. The van der Waals surface area contributed by atoms with Crippen LogP contribution in [0.25, 0.3) is 16.7 Å². The van der Waals surface area contributed by atoms with Gasteiger partial charge in [-0.1, -0.05) is 103 Å². The number of carbonyl (C=O) groups excluding carboxylic acids is 1. The van der Waals surface area contributed by atoms with Crippen molar-refractivity contribution in [3.8, 4) is 16.9 Å². The molecule has 0 heterocycles. The third kappa shape index (κ3) is 7.92. The molecule has 0 saturated heterocycles. The highest BCUT2D eigenvalue weighted by Gasteiger charge is 2.21. The molecule has 1 atom stereocenters.